The number of benzene rings is 1. The third-order valence-electron chi connectivity index (χ3n) is 3.10. The molecule has 1 atom stereocenters. The Bertz CT molecular complexity index is 474. The van der Waals surface area contributed by atoms with Crippen LogP contribution in [-0.4, -0.2) is 16.6 Å². The van der Waals surface area contributed by atoms with Gasteiger partial charge in [0.1, 0.15) is 0 Å². The fourth-order valence-corrected chi connectivity index (χ4v) is 2.17. The topological polar surface area (TPSA) is 29.9 Å². The molecule has 0 saturated carbocycles. The molecule has 0 saturated heterocycles. The first-order valence-electron chi connectivity index (χ1n) is 5.91. The molecule has 3 nitrogen and oxygen atoms in total. The third-order valence-corrected chi connectivity index (χ3v) is 3.10. The molecule has 1 aromatic heterocycles. The second kappa shape index (κ2) is 5.15. The Morgan fingerprint density at radius 2 is 2.18 bits per heavy atom. The Kier molecular flexibility index (Phi) is 3.59. The van der Waals surface area contributed by atoms with Crippen LogP contribution in [0, 0.1) is 13.8 Å². The molecule has 2 rings (SSSR count). The summed E-state index contributed by atoms with van der Waals surface area (Å²) < 4.78 is 2.10. The lowest BCUT2D eigenvalue weighted by Crippen LogP contribution is -2.22. The van der Waals surface area contributed by atoms with E-state index in [0.29, 0.717) is 6.04 Å². The summed E-state index contributed by atoms with van der Waals surface area (Å²) in [6, 6.07) is 6.93. The molecule has 1 N–H and O–H groups in total. The quantitative estimate of drug-likeness (QED) is 0.872. The molecule has 3 heteroatoms. The van der Waals surface area contributed by atoms with Crippen LogP contribution in [0.1, 0.15) is 22.7 Å². The van der Waals surface area contributed by atoms with Crippen LogP contribution in [0.4, 0.5) is 0 Å². The molecule has 90 valence electrons. The van der Waals surface area contributed by atoms with Crippen LogP contribution in [0.25, 0.3) is 0 Å². The van der Waals surface area contributed by atoms with Gasteiger partial charge >= 0.3 is 0 Å². The van der Waals surface area contributed by atoms with E-state index in [4.69, 9.17) is 0 Å². The number of hydrogen-bond acceptors (Lipinski definition) is 2. The normalized spacial score (nSPS) is 12.6. The third kappa shape index (κ3) is 2.74. The molecule has 0 fully saturated rings. The number of likely N-dealkylation sites (N-methyl/N-ethyl adjacent to an activating group) is 1. The lowest BCUT2D eigenvalue weighted by atomic mass is 9.99. The molecule has 1 aromatic carbocycles. The average molecular weight is 229 g/mol. The van der Waals surface area contributed by atoms with Gasteiger partial charge in [-0.05, 0) is 32.0 Å². The SMILES string of the molecule is CNC(Cn1ccnc1)c1ccc(C)cc1C. The fraction of sp³-hybridized carbons (Fsp3) is 0.357. The lowest BCUT2D eigenvalue weighted by Gasteiger charge is -2.19. The van der Waals surface area contributed by atoms with Crippen LogP contribution in [0.3, 0.4) is 0 Å². The molecule has 1 heterocycles. The molecule has 1 unspecified atom stereocenters. The monoisotopic (exact) mass is 229 g/mol. The van der Waals surface area contributed by atoms with Crippen molar-refractivity contribution in [2.45, 2.75) is 26.4 Å². The smallest absolute Gasteiger partial charge is 0.0946 e. The summed E-state index contributed by atoms with van der Waals surface area (Å²) in [5, 5.41) is 3.37. The number of nitrogens with zero attached hydrogens (tertiary/aromatic N) is 2. The number of aromatic nitrogens is 2. The molecule has 0 aliphatic carbocycles. The van der Waals surface area contributed by atoms with Crippen LogP contribution < -0.4 is 5.32 Å². The molecule has 0 aliphatic rings. The number of hydrogen-bond donors (Lipinski definition) is 1. The summed E-state index contributed by atoms with van der Waals surface area (Å²) in [5.74, 6) is 0. The maximum atomic E-state index is 4.07. The van der Waals surface area contributed by atoms with Crippen molar-refractivity contribution in [3.05, 3.63) is 53.6 Å². The van der Waals surface area contributed by atoms with Crippen molar-refractivity contribution in [1.29, 1.82) is 0 Å². The highest BCUT2D eigenvalue weighted by atomic mass is 15.1. The van der Waals surface area contributed by atoms with Crippen molar-refractivity contribution in [3.8, 4) is 0 Å². The van der Waals surface area contributed by atoms with Crippen molar-refractivity contribution in [1.82, 2.24) is 14.9 Å². The average Bonchev–Trinajstić information content (AvgIpc) is 2.79. The highest BCUT2D eigenvalue weighted by Gasteiger charge is 2.12. The van der Waals surface area contributed by atoms with Crippen molar-refractivity contribution in [2.75, 3.05) is 7.05 Å². The van der Waals surface area contributed by atoms with Crippen LogP contribution in [-0.2, 0) is 6.54 Å². The minimum atomic E-state index is 0.324. The zero-order chi connectivity index (χ0) is 12.3. The van der Waals surface area contributed by atoms with Gasteiger partial charge in [-0.25, -0.2) is 4.98 Å². The second-order valence-corrected chi connectivity index (χ2v) is 4.46. The molecule has 17 heavy (non-hydrogen) atoms. The Labute approximate surface area is 103 Å². The number of nitrogens with one attached hydrogen (secondary N) is 1. The maximum Gasteiger partial charge on any atom is 0.0946 e. The summed E-state index contributed by atoms with van der Waals surface area (Å²) in [7, 11) is 2.00. The first kappa shape index (κ1) is 11.9. The highest BCUT2D eigenvalue weighted by Crippen LogP contribution is 2.20. The van der Waals surface area contributed by atoms with Crippen molar-refractivity contribution in [3.63, 3.8) is 0 Å². The molecule has 2 aromatic rings. The molecule has 0 spiro atoms. The Morgan fingerprint density at radius 3 is 2.76 bits per heavy atom. The maximum absolute atomic E-state index is 4.07. The summed E-state index contributed by atoms with van der Waals surface area (Å²) in [5.41, 5.74) is 4.00. The second-order valence-electron chi connectivity index (χ2n) is 4.46. The van der Waals surface area contributed by atoms with E-state index < -0.39 is 0 Å². The van der Waals surface area contributed by atoms with Crippen LogP contribution in [0.15, 0.2) is 36.9 Å². The van der Waals surface area contributed by atoms with Crippen LogP contribution >= 0.6 is 0 Å². The van der Waals surface area contributed by atoms with Gasteiger partial charge in [-0.1, -0.05) is 23.8 Å². The van der Waals surface area contributed by atoms with Crippen LogP contribution in [0.5, 0.6) is 0 Å². The van der Waals surface area contributed by atoms with Gasteiger partial charge in [0, 0.05) is 18.9 Å². The minimum Gasteiger partial charge on any atom is -0.336 e. The van der Waals surface area contributed by atoms with Gasteiger partial charge in [-0.3, -0.25) is 0 Å². The zero-order valence-electron chi connectivity index (χ0n) is 10.6. The van der Waals surface area contributed by atoms with Gasteiger partial charge < -0.3 is 9.88 Å². The van der Waals surface area contributed by atoms with E-state index in [9.17, 15) is 0 Å². The highest BCUT2D eigenvalue weighted by molar-refractivity contribution is 5.32. The van der Waals surface area contributed by atoms with Gasteiger partial charge in [0.25, 0.3) is 0 Å². The number of aryl methyl sites for hydroxylation is 2. The summed E-state index contributed by atoms with van der Waals surface area (Å²) >= 11 is 0. The summed E-state index contributed by atoms with van der Waals surface area (Å²) in [4.78, 5) is 4.07. The van der Waals surface area contributed by atoms with E-state index >= 15 is 0 Å². The Balaban J connectivity index is 2.23. The molecule has 0 bridgehead atoms. The molecule has 0 radical (unpaired) electrons. The van der Waals surface area contributed by atoms with Gasteiger partial charge in [0.2, 0.25) is 0 Å². The first-order valence-corrected chi connectivity index (χ1v) is 5.91. The van der Waals surface area contributed by atoms with Crippen molar-refractivity contribution >= 4 is 0 Å². The largest absolute Gasteiger partial charge is 0.336 e. The first-order chi connectivity index (χ1) is 8.20. The van der Waals surface area contributed by atoms with E-state index in [1.165, 1.54) is 16.7 Å². The van der Waals surface area contributed by atoms with E-state index in [1.54, 1.807) is 0 Å². The predicted octanol–water partition coefficient (Wildman–Crippen LogP) is 2.46. The Morgan fingerprint density at radius 1 is 1.35 bits per heavy atom. The van der Waals surface area contributed by atoms with E-state index in [-0.39, 0.29) is 0 Å². The van der Waals surface area contributed by atoms with Gasteiger partial charge in [-0.15, -0.1) is 0 Å². The zero-order valence-corrected chi connectivity index (χ0v) is 10.6. The number of rotatable bonds is 4. The van der Waals surface area contributed by atoms with Gasteiger partial charge in [0.15, 0.2) is 0 Å². The fourth-order valence-electron chi connectivity index (χ4n) is 2.17. The summed E-state index contributed by atoms with van der Waals surface area (Å²) in [6.45, 7) is 5.20. The lowest BCUT2D eigenvalue weighted by molar-refractivity contribution is 0.498. The predicted molar refractivity (Wildman–Crippen MR) is 69.9 cm³/mol. The van der Waals surface area contributed by atoms with E-state index in [2.05, 4.69) is 46.9 Å². The Hall–Kier alpha value is -1.61. The minimum absolute atomic E-state index is 0.324. The molecule has 0 aliphatic heterocycles. The van der Waals surface area contributed by atoms with Crippen molar-refractivity contribution in [2.24, 2.45) is 0 Å². The molecular formula is C14H19N3. The van der Waals surface area contributed by atoms with E-state index in [0.717, 1.165) is 6.54 Å². The molecular weight excluding hydrogens is 210 g/mol. The van der Waals surface area contributed by atoms with E-state index in [1.807, 2.05) is 25.8 Å². The van der Waals surface area contributed by atoms with Gasteiger partial charge in [-0.2, -0.15) is 0 Å². The standard InChI is InChI=1S/C14H19N3/c1-11-4-5-13(12(2)8-11)14(15-3)9-17-7-6-16-10-17/h4-8,10,14-15H,9H2,1-3H3. The molecule has 0 amide bonds. The van der Waals surface area contributed by atoms with Crippen LogP contribution in [0.2, 0.25) is 0 Å². The van der Waals surface area contributed by atoms with Crippen molar-refractivity contribution < 1.29 is 0 Å². The summed E-state index contributed by atoms with van der Waals surface area (Å²) in [6.07, 6.45) is 5.66. The number of imidazole rings is 1. The van der Waals surface area contributed by atoms with Gasteiger partial charge in [0.05, 0.1) is 12.4 Å².